The van der Waals surface area contributed by atoms with E-state index in [0.29, 0.717) is 18.1 Å². The minimum atomic E-state index is -0.653. The molecule has 0 bridgehead atoms. The zero-order chi connectivity index (χ0) is 20.1. The zero-order valence-corrected chi connectivity index (χ0v) is 18.4. The second-order valence-corrected chi connectivity index (χ2v) is 9.66. The smallest absolute Gasteiger partial charge is 0.312 e. The molecule has 3 amide bonds. The number of urea groups is 1. The average Bonchev–Trinajstić information content (AvgIpc) is 3.06. The number of primary amides is 1. The summed E-state index contributed by atoms with van der Waals surface area (Å²) in [6.45, 7) is 3.91. The molecule has 2 aromatic rings. The lowest BCUT2D eigenvalue weighted by Gasteiger charge is -2.35. The van der Waals surface area contributed by atoms with Crippen molar-refractivity contribution in [3.05, 3.63) is 55.6 Å². The molecule has 1 aliphatic rings. The molecule has 1 saturated heterocycles. The van der Waals surface area contributed by atoms with Crippen molar-refractivity contribution in [1.29, 1.82) is 0 Å². The van der Waals surface area contributed by atoms with Crippen LogP contribution in [-0.4, -0.2) is 47.9 Å². The van der Waals surface area contributed by atoms with Crippen molar-refractivity contribution < 1.29 is 9.59 Å². The van der Waals surface area contributed by atoms with Crippen molar-refractivity contribution in [3.8, 4) is 0 Å². The van der Waals surface area contributed by atoms with Crippen LogP contribution >= 0.6 is 38.9 Å². The van der Waals surface area contributed by atoms with Gasteiger partial charge in [-0.25, -0.2) is 4.79 Å². The molecule has 1 aromatic carbocycles. The van der Waals surface area contributed by atoms with Crippen LogP contribution in [0, 0.1) is 0 Å². The minimum Gasteiger partial charge on any atom is -0.352 e. The Kier molecular flexibility index (Phi) is 7.34. The Balaban J connectivity index is 1.55. The van der Waals surface area contributed by atoms with E-state index in [2.05, 4.69) is 38.3 Å². The molecule has 3 N–H and O–H groups in total. The Morgan fingerprint density at radius 2 is 1.82 bits per heavy atom. The number of amides is 3. The molecule has 28 heavy (non-hydrogen) atoms. The van der Waals surface area contributed by atoms with E-state index < -0.39 is 12.1 Å². The topological polar surface area (TPSA) is 78.7 Å². The van der Waals surface area contributed by atoms with Crippen LogP contribution < -0.4 is 11.1 Å². The fourth-order valence-electron chi connectivity index (χ4n) is 3.24. The third-order valence-corrected chi connectivity index (χ3v) is 6.56. The van der Waals surface area contributed by atoms with Crippen LogP contribution in [0.25, 0.3) is 0 Å². The molecule has 1 fully saturated rings. The molecule has 1 aromatic heterocycles. The fourth-order valence-corrected chi connectivity index (χ4v) is 4.89. The third kappa shape index (κ3) is 5.94. The van der Waals surface area contributed by atoms with Gasteiger partial charge in [-0.1, -0.05) is 23.7 Å². The van der Waals surface area contributed by atoms with Crippen LogP contribution in [-0.2, 0) is 11.3 Å². The number of hydrogen-bond acceptors (Lipinski definition) is 4. The van der Waals surface area contributed by atoms with Gasteiger partial charge in [-0.2, -0.15) is 0 Å². The predicted molar refractivity (Wildman–Crippen MR) is 115 cm³/mol. The van der Waals surface area contributed by atoms with Gasteiger partial charge in [0.05, 0.1) is 16.2 Å². The largest absolute Gasteiger partial charge is 0.352 e. The number of thiophene rings is 1. The fraction of sp³-hybridized carbons (Fsp3) is 0.368. The Morgan fingerprint density at radius 1 is 1.14 bits per heavy atom. The van der Waals surface area contributed by atoms with E-state index >= 15 is 0 Å². The lowest BCUT2D eigenvalue weighted by atomic mass is 10.0. The van der Waals surface area contributed by atoms with E-state index in [4.69, 9.17) is 17.3 Å². The second kappa shape index (κ2) is 9.73. The van der Waals surface area contributed by atoms with E-state index in [-0.39, 0.29) is 12.3 Å². The Labute approximate surface area is 181 Å². The van der Waals surface area contributed by atoms with E-state index in [1.807, 2.05) is 4.90 Å². The summed E-state index contributed by atoms with van der Waals surface area (Å²) in [5.41, 5.74) is 6.10. The number of halogens is 2. The summed E-state index contributed by atoms with van der Waals surface area (Å²) >= 11 is 11.2. The first-order valence-corrected chi connectivity index (χ1v) is 11.0. The van der Waals surface area contributed by atoms with Crippen molar-refractivity contribution in [3.63, 3.8) is 0 Å². The van der Waals surface area contributed by atoms with Crippen molar-refractivity contribution >= 4 is 50.8 Å². The summed E-state index contributed by atoms with van der Waals surface area (Å²) < 4.78 is 1.13. The molecule has 9 heteroatoms. The lowest BCUT2D eigenvalue weighted by molar-refractivity contribution is -0.133. The number of benzene rings is 1. The van der Waals surface area contributed by atoms with Crippen molar-refractivity contribution in [2.24, 2.45) is 5.73 Å². The quantitative estimate of drug-likeness (QED) is 0.656. The molecule has 6 nitrogen and oxygen atoms in total. The van der Waals surface area contributed by atoms with Gasteiger partial charge in [0.1, 0.15) is 0 Å². The Morgan fingerprint density at radius 3 is 2.39 bits per heavy atom. The first kappa shape index (κ1) is 21.1. The number of carbonyl (C=O) groups is 2. The van der Waals surface area contributed by atoms with E-state index in [1.165, 1.54) is 4.88 Å². The van der Waals surface area contributed by atoms with Crippen LogP contribution in [0.1, 0.15) is 22.9 Å². The van der Waals surface area contributed by atoms with Crippen LogP contribution in [0.3, 0.4) is 0 Å². The molecular weight excluding hydrogens is 464 g/mol. The predicted octanol–water partition coefficient (Wildman–Crippen LogP) is 3.61. The van der Waals surface area contributed by atoms with Crippen LogP contribution in [0.5, 0.6) is 0 Å². The second-order valence-electron chi connectivity index (χ2n) is 6.68. The molecule has 3 rings (SSSR count). The van der Waals surface area contributed by atoms with Gasteiger partial charge in [0.25, 0.3) is 0 Å². The zero-order valence-electron chi connectivity index (χ0n) is 15.2. The highest BCUT2D eigenvalue weighted by molar-refractivity contribution is 9.11. The lowest BCUT2D eigenvalue weighted by Crippen LogP contribution is -2.49. The van der Waals surface area contributed by atoms with Gasteiger partial charge in [0, 0.05) is 42.6 Å². The standard InChI is InChI=1S/C19H22BrClN4O2S/c20-17-6-5-15(28-17)12-24-7-9-25(10-8-24)18(26)11-16(23-19(22)27)13-1-3-14(21)4-2-13/h1-6,16H,7-12H2,(H3,22,23,27). The first-order chi connectivity index (χ1) is 13.4. The highest BCUT2D eigenvalue weighted by atomic mass is 79.9. The summed E-state index contributed by atoms with van der Waals surface area (Å²) in [6, 6.07) is 10.1. The maximum absolute atomic E-state index is 12.8. The summed E-state index contributed by atoms with van der Waals surface area (Å²) in [5, 5.41) is 3.26. The number of carbonyl (C=O) groups excluding carboxylic acids is 2. The molecule has 1 aliphatic heterocycles. The third-order valence-electron chi connectivity index (χ3n) is 4.70. The Hall–Kier alpha value is -1.61. The number of nitrogens with two attached hydrogens (primary N) is 1. The van der Waals surface area contributed by atoms with Gasteiger partial charge in [0.2, 0.25) is 5.91 Å². The molecule has 150 valence electrons. The molecular formula is C19H22BrClN4O2S. The van der Waals surface area contributed by atoms with Gasteiger partial charge in [-0.05, 0) is 45.8 Å². The summed E-state index contributed by atoms with van der Waals surface area (Å²) in [4.78, 5) is 29.7. The van der Waals surface area contributed by atoms with E-state index in [9.17, 15) is 9.59 Å². The van der Waals surface area contributed by atoms with Crippen molar-refractivity contribution in [2.45, 2.75) is 19.0 Å². The molecule has 1 unspecified atom stereocenters. The van der Waals surface area contributed by atoms with Gasteiger partial charge in [0.15, 0.2) is 0 Å². The molecule has 0 radical (unpaired) electrons. The summed E-state index contributed by atoms with van der Waals surface area (Å²) in [7, 11) is 0. The van der Waals surface area contributed by atoms with Crippen molar-refractivity contribution in [2.75, 3.05) is 26.2 Å². The van der Waals surface area contributed by atoms with Gasteiger partial charge < -0.3 is 16.0 Å². The van der Waals surface area contributed by atoms with E-state index in [0.717, 1.165) is 29.0 Å². The monoisotopic (exact) mass is 484 g/mol. The van der Waals surface area contributed by atoms with Gasteiger partial charge in [-0.3, -0.25) is 9.69 Å². The average molecular weight is 486 g/mol. The number of hydrogen-bond donors (Lipinski definition) is 2. The first-order valence-electron chi connectivity index (χ1n) is 8.96. The number of piperazine rings is 1. The van der Waals surface area contributed by atoms with Crippen molar-refractivity contribution in [1.82, 2.24) is 15.1 Å². The number of rotatable bonds is 6. The highest BCUT2D eigenvalue weighted by Crippen LogP contribution is 2.24. The van der Waals surface area contributed by atoms with Crippen LogP contribution in [0.4, 0.5) is 4.79 Å². The molecule has 0 saturated carbocycles. The highest BCUT2D eigenvalue weighted by Gasteiger charge is 2.25. The maximum Gasteiger partial charge on any atom is 0.312 e. The molecule has 2 heterocycles. The van der Waals surface area contributed by atoms with E-state index in [1.54, 1.807) is 35.6 Å². The summed E-state index contributed by atoms with van der Waals surface area (Å²) in [6.07, 6.45) is 0.169. The maximum atomic E-state index is 12.8. The van der Waals surface area contributed by atoms with Gasteiger partial charge in [-0.15, -0.1) is 11.3 Å². The summed E-state index contributed by atoms with van der Waals surface area (Å²) in [5.74, 6) is 0.00668. The minimum absolute atomic E-state index is 0.00668. The molecule has 0 spiro atoms. The Bertz CT molecular complexity index is 822. The normalized spacial score (nSPS) is 16.0. The van der Waals surface area contributed by atoms with Gasteiger partial charge >= 0.3 is 6.03 Å². The molecule has 0 aliphatic carbocycles. The van der Waals surface area contributed by atoms with Crippen LogP contribution in [0.15, 0.2) is 40.2 Å². The molecule has 1 atom stereocenters. The SMILES string of the molecule is NC(=O)NC(CC(=O)N1CCN(Cc2ccc(Br)s2)CC1)c1ccc(Cl)cc1. The number of nitrogens with zero attached hydrogens (tertiary/aromatic N) is 2. The number of nitrogens with one attached hydrogen (secondary N) is 1. The van der Waals surface area contributed by atoms with Crippen LogP contribution in [0.2, 0.25) is 5.02 Å².